The highest BCUT2D eigenvalue weighted by atomic mass is 35.5. The fourth-order valence-corrected chi connectivity index (χ4v) is 5.85. The van der Waals surface area contributed by atoms with Crippen LogP contribution in [0.5, 0.6) is 0 Å². The predicted octanol–water partition coefficient (Wildman–Crippen LogP) is 2.66. The molecule has 3 rings (SSSR count). The van der Waals surface area contributed by atoms with Gasteiger partial charge < -0.3 is 10.0 Å². The SMILES string of the molecule is O=C(O)c1csc(N2CCN(S(=O)(=O)c3c(Cl)cccc3Cl)CC2)n1. The lowest BCUT2D eigenvalue weighted by molar-refractivity contribution is 0.0691. The topological polar surface area (TPSA) is 90.8 Å². The largest absolute Gasteiger partial charge is 0.476 e. The molecule has 11 heteroatoms. The van der Waals surface area contributed by atoms with Gasteiger partial charge >= 0.3 is 5.97 Å². The summed E-state index contributed by atoms with van der Waals surface area (Å²) in [5.74, 6) is -1.09. The molecule has 1 aliphatic rings. The van der Waals surface area contributed by atoms with Crippen LogP contribution in [0.4, 0.5) is 5.13 Å². The molecule has 25 heavy (non-hydrogen) atoms. The number of anilines is 1. The van der Waals surface area contributed by atoms with Crippen molar-refractivity contribution in [3.63, 3.8) is 0 Å². The lowest BCUT2D eigenvalue weighted by Gasteiger charge is -2.34. The zero-order valence-corrected chi connectivity index (χ0v) is 15.9. The molecule has 1 aromatic heterocycles. The second-order valence-corrected chi connectivity index (χ2v) is 8.79. The van der Waals surface area contributed by atoms with Crippen LogP contribution in [0.3, 0.4) is 0 Å². The lowest BCUT2D eigenvalue weighted by atomic mass is 10.4. The average Bonchev–Trinajstić information content (AvgIpc) is 3.05. The molecule has 0 radical (unpaired) electrons. The van der Waals surface area contributed by atoms with Gasteiger partial charge in [-0.25, -0.2) is 18.2 Å². The number of carboxylic acid groups (broad SMARTS) is 1. The molecule has 1 fully saturated rings. The van der Waals surface area contributed by atoms with Crippen LogP contribution in [0.1, 0.15) is 10.5 Å². The standard InChI is InChI=1S/C14H13Cl2N3O4S2/c15-9-2-1-3-10(16)12(9)25(22,23)19-6-4-18(5-7-19)14-17-11(8-24-14)13(20)21/h1-3,8H,4-7H2,(H,20,21). The van der Waals surface area contributed by atoms with Crippen LogP contribution in [-0.2, 0) is 10.0 Å². The highest BCUT2D eigenvalue weighted by Gasteiger charge is 2.32. The molecule has 0 atom stereocenters. The number of hydrogen-bond donors (Lipinski definition) is 1. The number of carbonyl (C=O) groups is 1. The molecule has 134 valence electrons. The summed E-state index contributed by atoms with van der Waals surface area (Å²) < 4.78 is 26.9. The summed E-state index contributed by atoms with van der Waals surface area (Å²) in [5, 5.41) is 11.1. The fourth-order valence-electron chi connectivity index (χ4n) is 2.49. The van der Waals surface area contributed by atoms with E-state index in [0.717, 1.165) is 0 Å². The minimum Gasteiger partial charge on any atom is -0.476 e. The van der Waals surface area contributed by atoms with Crippen molar-refractivity contribution in [2.45, 2.75) is 4.90 Å². The number of carboxylic acids is 1. The Kier molecular flexibility index (Phi) is 5.21. The maximum Gasteiger partial charge on any atom is 0.355 e. The number of aromatic nitrogens is 1. The average molecular weight is 422 g/mol. The molecular formula is C14H13Cl2N3O4S2. The van der Waals surface area contributed by atoms with Crippen molar-refractivity contribution in [3.05, 3.63) is 39.3 Å². The third-order valence-corrected chi connectivity index (χ3v) is 7.49. The van der Waals surface area contributed by atoms with Gasteiger partial charge in [0.2, 0.25) is 10.0 Å². The van der Waals surface area contributed by atoms with Crippen molar-refractivity contribution in [3.8, 4) is 0 Å². The van der Waals surface area contributed by atoms with Gasteiger partial charge in [-0.2, -0.15) is 4.31 Å². The zero-order chi connectivity index (χ0) is 18.2. The first-order valence-corrected chi connectivity index (χ1v) is 10.3. The molecule has 0 spiro atoms. The summed E-state index contributed by atoms with van der Waals surface area (Å²) in [6, 6.07) is 4.56. The van der Waals surface area contributed by atoms with Gasteiger partial charge in [-0.3, -0.25) is 0 Å². The van der Waals surface area contributed by atoms with E-state index in [2.05, 4.69) is 4.98 Å². The van der Waals surface area contributed by atoms with E-state index in [-0.39, 0.29) is 33.7 Å². The molecule has 1 saturated heterocycles. The second-order valence-electron chi connectivity index (χ2n) is 5.26. The zero-order valence-electron chi connectivity index (χ0n) is 12.7. The van der Waals surface area contributed by atoms with Crippen LogP contribution in [0.2, 0.25) is 10.0 Å². The maximum atomic E-state index is 12.8. The van der Waals surface area contributed by atoms with E-state index in [1.165, 1.54) is 33.2 Å². The first-order chi connectivity index (χ1) is 11.8. The Hall–Kier alpha value is -1.39. The third-order valence-electron chi connectivity index (χ3n) is 3.74. The lowest BCUT2D eigenvalue weighted by Crippen LogP contribution is -2.48. The van der Waals surface area contributed by atoms with Gasteiger partial charge in [-0.05, 0) is 12.1 Å². The quantitative estimate of drug-likeness (QED) is 0.815. The predicted molar refractivity (Wildman–Crippen MR) is 96.5 cm³/mol. The van der Waals surface area contributed by atoms with Gasteiger partial charge in [0.15, 0.2) is 10.8 Å². The molecule has 0 saturated carbocycles. The summed E-state index contributed by atoms with van der Waals surface area (Å²) in [4.78, 5) is 16.7. The number of benzene rings is 1. The Morgan fingerprint density at radius 3 is 2.28 bits per heavy atom. The van der Waals surface area contributed by atoms with Crippen LogP contribution in [-0.4, -0.2) is 55.0 Å². The van der Waals surface area contributed by atoms with Crippen molar-refractivity contribution in [2.24, 2.45) is 0 Å². The van der Waals surface area contributed by atoms with Crippen molar-refractivity contribution in [2.75, 3.05) is 31.1 Å². The van der Waals surface area contributed by atoms with Gasteiger partial charge in [0.1, 0.15) is 4.90 Å². The first-order valence-electron chi connectivity index (χ1n) is 7.18. The van der Waals surface area contributed by atoms with Gasteiger partial charge in [0.25, 0.3) is 0 Å². The highest BCUT2D eigenvalue weighted by molar-refractivity contribution is 7.89. The summed E-state index contributed by atoms with van der Waals surface area (Å²) in [6.45, 7) is 1.25. The molecule has 0 amide bonds. The van der Waals surface area contributed by atoms with Crippen molar-refractivity contribution in [1.29, 1.82) is 0 Å². The second kappa shape index (κ2) is 7.08. The molecule has 1 aromatic carbocycles. The number of piperazine rings is 1. The van der Waals surface area contributed by atoms with E-state index in [9.17, 15) is 13.2 Å². The van der Waals surface area contributed by atoms with Gasteiger partial charge in [-0.15, -0.1) is 11.3 Å². The summed E-state index contributed by atoms with van der Waals surface area (Å²) in [7, 11) is -3.81. The number of thiazole rings is 1. The molecule has 1 aliphatic heterocycles. The fraction of sp³-hybridized carbons (Fsp3) is 0.286. The van der Waals surface area contributed by atoms with Gasteiger partial charge in [-0.1, -0.05) is 29.3 Å². The summed E-state index contributed by atoms with van der Waals surface area (Å²) >= 11 is 13.3. The van der Waals surface area contributed by atoms with Crippen molar-refractivity contribution < 1.29 is 18.3 Å². The summed E-state index contributed by atoms with van der Waals surface area (Å²) in [5.41, 5.74) is -0.0158. The number of aromatic carboxylic acids is 1. The van der Waals surface area contributed by atoms with Gasteiger partial charge in [0.05, 0.1) is 10.0 Å². The van der Waals surface area contributed by atoms with Crippen molar-refractivity contribution >= 4 is 55.7 Å². The van der Waals surface area contributed by atoms with E-state index >= 15 is 0 Å². The molecule has 7 nitrogen and oxygen atoms in total. The van der Waals surface area contributed by atoms with Gasteiger partial charge in [0, 0.05) is 31.6 Å². The molecule has 2 heterocycles. The number of rotatable bonds is 4. The molecular weight excluding hydrogens is 409 g/mol. The Morgan fingerprint density at radius 1 is 1.16 bits per heavy atom. The first kappa shape index (κ1) is 18.4. The Morgan fingerprint density at radius 2 is 1.76 bits per heavy atom. The normalized spacial score (nSPS) is 16.2. The molecule has 2 aromatic rings. The monoisotopic (exact) mass is 421 g/mol. The Bertz CT molecular complexity index is 888. The van der Waals surface area contributed by atoms with E-state index in [4.69, 9.17) is 28.3 Å². The maximum absolute atomic E-state index is 12.8. The number of hydrogen-bond acceptors (Lipinski definition) is 6. The minimum absolute atomic E-state index is 0.0158. The Balaban J connectivity index is 1.76. The van der Waals surface area contributed by atoms with Crippen molar-refractivity contribution in [1.82, 2.24) is 9.29 Å². The Labute approximate surface area is 158 Å². The van der Waals surface area contributed by atoms with E-state index < -0.39 is 16.0 Å². The highest BCUT2D eigenvalue weighted by Crippen LogP contribution is 2.32. The molecule has 0 aliphatic carbocycles. The van der Waals surface area contributed by atoms with E-state index in [1.54, 1.807) is 6.07 Å². The summed E-state index contributed by atoms with van der Waals surface area (Å²) in [6.07, 6.45) is 0. The van der Waals surface area contributed by atoms with Crippen LogP contribution in [0, 0.1) is 0 Å². The van der Waals surface area contributed by atoms with E-state index in [1.807, 2.05) is 4.90 Å². The minimum atomic E-state index is -3.81. The number of sulfonamides is 1. The molecule has 1 N–H and O–H groups in total. The third kappa shape index (κ3) is 3.61. The van der Waals surface area contributed by atoms with Crippen LogP contribution in [0.25, 0.3) is 0 Å². The van der Waals surface area contributed by atoms with E-state index in [0.29, 0.717) is 18.2 Å². The number of nitrogens with zero attached hydrogens (tertiary/aromatic N) is 3. The smallest absolute Gasteiger partial charge is 0.355 e. The van der Waals surface area contributed by atoms with Crippen LogP contribution >= 0.6 is 34.5 Å². The molecule has 0 bridgehead atoms. The molecule has 0 unspecified atom stereocenters. The van der Waals surface area contributed by atoms with Crippen LogP contribution in [0.15, 0.2) is 28.5 Å². The number of halogens is 2. The van der Waals surface area contributed by atoms with Crippen LogP contribution < -0.4 is 4.90 Å².